The van der Waals surface area contributed by atoms with E-state index in [0.717, 1.165) is 11.8 Å². The third kappa shape index (κ3) is 5.99. The lowest BCUT2D eigenvalue weighted by atomic mass is 10.1. The SMILES string of the molecule is CN=C(NCc1ccnc(N(C)C)c1)NC(C)c1ccccc1.I. The molecule has 2 aromatic rings. The maximum Gasteiger partial charge on any atom is 0.191 e. The van der Waals surface area contributed by atoms with Gasteiger partial charge in [0.15, 0.2) is 5.96 Å². The second kappa shape index (κ2) is 10.1. The summed E-state index contributed by atoms with van der Waals surface area (Å²) in [5.41, 5.74) is 2.40. The minimum absolute atomic E-state index is 0. The summed E-state index contributed by atoms with van der Waals surface area (Å²) in [6, 6.07) is 14.6. The van der Waals surface area contributed by atoms with E-state index in [1.165, 1.54) is 11.1 Å². The third-order valence-corrected chi connectivity index (χ3v) is 3.60. The quantitative estimate of drug-likeness (QED) is 0.427. The Kier molecular flexibility index (Phi) is 8.53. The highest BCUT2D eigenvalue weighted by atomic mass is 127. The van der Waals surface area contributed by atoms with Gasteiger partial charge in [0, 0.05) is 33.9 Å². The first-order valence-electron chi connectivity index (χ1n) is 7.74. The lowest BCUT2D eigenvalue weighted by molar-refractivity contribution is 0.685. The highest BCUT2D eigenvalue weighted by molar-refractivity contribution is 14.0. The summed E-state index contributed by atoms with van der Waals surface area (Å²) in [6.07, 6.45) is 1.83. The smallest absolute Gasteiger partial charge is 0.191 e. The maximum atomic E-state index is 4.33. The molecule has 0 saturated carbocycles. The molecule has 0 fully saturated rings. The van der Waals surface area contributed by atoms with Gasteiger partial charge in [-0.25, -0.2) is 4.98 Å². The Hall–Kier alpha value is -1.83. The molecule has 1 heterocycles. The summed E-state index contributed by atoms with van der Waals surface area (Å²) in [5, 5.41) is 6.75. The number of guanidine groups is 1. The molecular formula is C18H26IN5. The Bertz CT molecular complexity index is 643. The summed E-state index contributed by atoms with van der Waals surface area (Å²) in [6.45, 7) is 2.82. The molecule has 6 heteroatoms. The molecule has 24 heavy (non-hydrogen) atoms. The van der Waals surface area contributed by atoms with E-state index in [4.69, 9.17) is 0 Å². The number of aliphatic imine (C=N–C) groups is 1. The van der Waals surface area contributed by atoms with E-state index in [0.29, 0.717) is 6.54 Å². The van der Waals surface area contributed by atoms with Gasteiger partial charge in [0.2, 0.25) is 0 Å². The van der Waals surface area contributed by atoms with Crippen molar-refractivity contribution in [2.24, 2.45) is 4.99 Å². The van der Waals surface area contributed by atoms with Crippen molar-refractivity contribution in [1.29, 1.82) is 0 Å². The van der Waals surface area contributed by atoms with Gasteiger partial charge in [-0.15, -0.1) is 24.0 Å². The summed E-state index contributed by atoms with van der Waals surface area (Å²) < 4.78 is 0. The van der Waals surface area contributed by atoms with Gasteiger partial charge >= 0.3 is 0 Å². The van der Waals surface area contributed by atoms with Crippen LogP contribution in [-0.2, 0) is 6.54 Å². The van der Waals surface area contributed by atoms with Gasteiger partial charge in [-0.1, -0.05) is 30.3 Å². The second-order valence-corrected chi connectivity index (χ2v) is 5.62. The van der Waals surface area contributed by atoms with Crippen LogP contribution in [-0.4, -0.2) is 32.1 Å². The van der Waals surface area contributed by atoms with E-state index in [2.05, 4.69) is 45.7 Å². The molecule has 0 aliphatic heterocycles. The minimum atomic E-state index is 0. The molecule has 0 spiro atoms. The van der Waals surface area contributed by atoms with Gasteiger partial charge in [-0.2, -0.15) is 0 Å². The van der Waals surface area contributed by atoms with Crippen molar-refractivity contribution in [3.8, 4) is 0 Å². The summed E-state index contributed by atoms with van der Waals surface area (Å²) in [7, 11) is 5.76. The molecule has 0 radical (unpaired) electrons. The monoisotopic (exact) mass is 439 g/mol. The first kappa shape index (κ1) is 20.2. The average Bonchev–Trinajstić information content (AvgIpc) is 2.59. The van der Waals surface area contributed by atoms with Crippen molar-refractivity contribution >= 4 is 35.8 Å². The number of aromatic nitrogens is 1. The number of rotatable bonds is 5. The van der Waals surface area contributed by atoms with Gasteiger partial charge in [0.1, 0.15) is 5.82 Å². The molecule has 5 nitrogen and oxygen atoms in total. The lowest BCUT2D eigenvalue weighted by Gasteiger charge is -2.18. The van der Waals surface area contributed by atoms with Gasteiger partial charge in [-0.05, 0) is 30.2 Å². The van der Waals surface area contributed by atoms with Crippen molar-refractivity contribution in [3.05, 3.63) is 59.8 Å². The van der Waals surface area contributed by atoms with Crippen molar-refractivity contribution in [3.63, 3.8) is 0 Å². The molecule has 1 atom stereocenters. The van der Waals surface area contributed by atoms with Gasteiger partial charge in [-0.3, -0.25) is 4.99 Å². The molecule has 2 N–H and O–H groups in total. The molecule has 0 aliphatic rings. The number of halogens is 1. The predicted octanol–water partition coefficient (Wildman–Crippen LogP) is 3.19. The normalized spacial score (nSPS) is 12.1. The fraction of sp³-hybridized carbons (Fsp3) is 0.333. The number of nitrogens with one attached hydrogen (secondary N) is 2. The molecule has 0 amide bonds. The molecule has 1 unspecified atom stereocenters. The Labute approximate surface area is 161 Å². The molecular weight excluding hydrogens is 413 g/mol. The molecule has 2 rings (SSSR count). The van der Waals surface area contributed by atoms with Gasteiger partial charge in [0.25, 0.3) is 0 Å². The number of hydrogen-bond donors (Lipinski definition) is 2. The Morgan fingerprint density at radius 2 is 1.92 bits per heavy atom. The third-order valence-electron chi connectivity index (χ3n) is 3.60. The minimum Gasteiger partial charge on any atom is -0.363 e. The lowest BCUT2D eigenvalue weighted by Crippen LogP contribution is -2.38. The maximum absolute atomic E-state index is 4.33. The average molecular weight is 439 g/mol. The van der Waals surface area contributed by atoms with Crippen LogP contribution in [0.3, 0.4) is 0 Å². The molecule has 1 aromatic carbocycles. The van der Waals surface area contributed by atoms with Crippen molar-refractivity contribution in [2.75, 3.05) is 26.0 Å². The highest BCUT2D eigenvalue weighted by Gasteiger charge is 2.07. The fourth-order valence-corrected chi connectivity index (χ4v) is 2.23. The molecule has 0 saturated heterocycles. The Balaban J connectivity index is 0.00000288. The van der Waals surface area contributed by atoms with Crippen LogP contribution in [0.1, 0.15) is 24.1 Å². The number of pyridine rings is 1. The van der Waals surface area contributed by atoms with Crippen LogP contribution >= 0.6 is 24.0 Å². The van der Waals surface area contributed by atoms with Crippen molar-refractivity contribution < 1.29 is 0 Å². The number of anilines is 1. The zero-order chi connectivity index (χ0) is 16.7. The Morgan fingerprint density at radius 3 is 2.54 bits per heavy atom. The van der Waals surface area contributed by atoms with E-state index in [-0.39, 0.29) is 30.0 Å². The van der Waals surface area contributed by atoms with Gasteiger partial charge < -0.3 is 15.5 Å². The summed E-state index contributed by atoms with van der Waals surface area (Å²) in [4.78, 5) is 10.6. The zero-order valence-electron chi connectivity index (χ0n) is 14.7. The zero-order valence-corrected chi connectivity index (χ0v) is 17.0. The first-order valence-corrected chi connectivity index (χ1v) is 7.74. The predicted molar refractivity (Wildman–Crippen MR) is 112 cm³/mol. The fourth-order valence-electron chi connectivity index (χ4n) is 2.23. The van der Waals surface area contributed by atoms with Crippen molar-refractivity contribution in [1.82, 2.24) is 15.6 Å². The van der Waals surface area contributed by atoms with Crippen LogP contribution < -0.4 is 15.5 Å². The molecule has 1 aromatic heterocycles. The summed E-state index contributed by atoms with van der Waals surface area (Å²) >= 11 is 0. The van der Waals surface area contributed by atoms with Crippen LogP contribution in [0.15, 0.2) is 53.7 Å². The second-order valence-electron chi connectivity index (χ2n) is 5.62. The van der Waals surface area contributed by atoms with Crippen LogP contribution in [0.4, 0.5) is 5.82 Å². The molecule has 0 bridgehead atoms. The Morgan fingerprint density at radius 1 is 1.21 bits per heavy atom. The molecule has 130 valence electrons. The van der Waals surface area contributed by atoms with Crippen LogP contribution in [0.25, 0.3) is 0 Å². The van der Waals surface area contributed by atoms with E-state index < -0.39 is 0 Å². The van der Waals surface area contributed by atoms with Crippen LogP contribution in [0, 0.1) is 0 Å². The summed E-state index contributed by atoms with van der Waals surface area (Å²) in [5.74, 6) is 1.73. The van der Waals surface area contributed by atoms with Gasteiger partial charge in [0.05, 0.1) is 6.04 Å². The largest absolute Gasteiger partial charge is 0.363 e. The topological polar surface area (TPSA) is 52.6 Å². The van der Waals surface area contributed by atoms with Crippen LogP contribution in [0.2, 0.25) is 0 Å². The standard InChI is InChI=1S/C18H25N5.HI/c1-14(16-8-6-5-7-9-16)22-18(19-2)21-13-15-10-11-20-17(12-15)23(3)4;/h5-12,14H,13H2,1-4H3,(H2,19,21,22);1H. The van der Waals surface area contributed by atoms with Crippen molar-refractivity contribution in [2.45, 2.75) is 19.5 Å². The highest BCUT2D eigenvalue weighted by Crippen LogP contribution is 2.11. The van der Waals surface area contributed by atoms with Crippen LogP contribution in [0.5, 0.6) is 0 Å². The number of hydrogen-bond acceptors (Lipinski definition) is 3. The number of benzene rings is 1. The number of nitrogens with zero attached hydrogens (tertiary/aromatic N) is 3. The van der Waals surface area contributed by atoms with E-state index in [1.807, 2.05) is 49.5 Å². The molecule has 0 aliphatic carbocycles. The van der Waals surface area contributed by atoms with E-state index >= 15 is 0 Å². The van der Waals surface area contributed by atoms with E-state index in [1.54, 1.807) is 7.05 Å². The van der Waals surface area contributed by atoms with E-state index in [9.17, 15) is 0 Å². The first-order chi connectivity index (χ1) is 11.1.